The van der Waals surface area contributed by atoms with Crippen molar-refractivity contribution in [1.82, 2.24) is 9.78 Å². The number of benzene rings is 2. The summed E-state index contributed by atoms with van der Waals surface area (Å²) in [5.41, 5.74) is -0.470. The molecule has 0 radical (unpaired) electrons. The topological polar surface area (TPSA) is 46.9 Å². The number of halogens is 5. The summed E-state index contributed by atoms with van der Waals surface area (Å²) in [4.78, 5) is 12.1. The Bertz CT molecular complexity index is 1100. The molecule has 29 heavy (non-hydrogen) atoms. The molecule has 0 saturated carbocycles. The Hall–Kier alpha value is -1.95. The van der Waals surface area contributed by atoms with Gasteiger partial charge in [-0.15, -0.1) is 5.10 Å². The second-order valence-corrected chi connectivity index (χ2v) is 8.80. The lowest BCUT2D eigenvalue weighted by molar-refractivity contribution is -0.137. The molecule has 0 bridgehead atoms. The highest BCUT2D eigenvalue weighted by molar-refractivity contribution is 8.01. The third kappa shape index (κ3) is 5.56. The van der Waals surface area contributed by atoms with Crippen LogP contribution in [0, 0.1) is 9.77 Å². The SMILES string of the molecule is O=C(CSc1nn(-c2ccc(F)cc2)c(=S)s1)Nc1ccc(Cl)c(C(F)(F)F)c1. The minimum atomic E-state index is -4.62. The van der Waals surface area contributed by atoms with Crippen molar-refractivity contribution < 1.29 is 22.4 Å². The van der Waals surface area contributed by atoms with E-state index >= 15 is 0 Å². The van der Waals surface area contributed by atoms with Gasteiger partial charge in [0.05, 0.1) is 22.0 Å². The maximum atomic E-state index is 13.0. The van der Waals surface area contributed by atoms with Gasteiger partial charge in [-0.3, -0.25) is 4.79 Å². The molecule has 0 aliphatic carbocycles. The summed E-state index contributed by atoms with van der Waals surface area (Å²) in [6, 6.07) is 8.72. The average molecular weight is 480 g/mol. The van der Waals surface area contributed by atoms with Crippen LogP contribution in [0.25, 0.3) is 5.69 Å². The van der Waals surface area contributed by atoms with Crippen LogP contribution in [0.5, 0.6) is 0 Å². The van der Waals surface area contributed by atoms with Crippen LogP contribution in [-0.2, 0) is 11.0 Å². The van der Waals surface area contributed by atoms with E-state index < -0.39 is 28.5 Å². The Morgan fingerprint density at radius 2 is 1.93 bits per heavy atom. The van der Waals surface area contributed by atoms with Gasteiger partial charge in [0.2, 0.25) is 5.91 Å². The van der Waals surface area contributed by atoms with E-state index in [1.54, 1.807) is 0 Å². The Morgan fingerprint density at radius 1 is 1.24 bits per heavy atom. The molecule has 3 aromatic rings. The molecule has 1 N–H and O–H groups in total. The summed E-state index contributed by atoms with van der Waals surface area (Å²) in [7, 11) is 0. The molecule has 0 unspecified atom stereocenters. The van der Waals surface area contributed by atoms with Crippen molar-refractivity contribution >= 4 is 58.5 Å². The lowest BCUT2D eigenvalue weighted by Gasteiger charge is -2.11. The highest BCUT2D eigenvalue weighted by Gasteiger charge is 2.33. The lowest BCUT2D eigenvalue weighted by atomic mass is 10.2. The van der Waals surface area contributed by atoms with Gasteiger partial charge in [0, 0.05) is 5.69 Å². The van der Waals surface area contributed by atoms with Crippen LogP contribution in [0.15, 0.2) is 46.8 Å². The van der Waals surface area contributed by atoms with Crippen LogP contribution >= 0.6 is 46.9 Å². The number of carbonyl (C=O) groups is 1. The van der Waals surface area contributed by atoms with E-state index in [-0.39, 0.29) is 11.4 Å². The number of carbonyl (C=O) groups excluding carboxylic acids is 1. The van der Waals surface area contributed by atoms with Crippen LogP contribution in [0.2, 0.25) is 5.02 Å². The zero-order chi connectivity index (χ0) is 21.2. The van der Waals surface area contributed by atoms with Gasteiger partial charge >= 0.3 is 6.18 Å². The Labute approximate surface area is 180 Å². The van der Waals surface area contributed by atoms with Gasteiger partial charge in [-0.1, -0.05) is 34.7 Å². The molecule has 0 spiro atoms. The summed E-state index contributed by atoms with van der Waals surface area (Å²) >= 11 is 13.0. The van der Waals surface area contributed by atoms with Gasteiger partial charge in [0.25, 0.3) is 0 Å². The lowest BCUT2D eigenvalue weighted by Crippen LogP contribution is -2.15. The molecule has 0 fully saturated rings. The molecule has 3 rings (SSSR count). The molecule has 2 aromatic carbocycles. The van der Waals surface area contributed by atoms with Crippen molar-refractivity contribution in [3.8, 4) is 5.69 Å². The van der Waals surface area contributed by atoms with Gasteiger partial charge < -0.3 is 5.32 Å². The van der Waals surface area contributed by atoms with Crippen LogP contribution in [0.1, 0.15) is 5.56 Å². The minimum absolute atomic E-state index is 0.0169. The van der Waals surface area contributed by atoms with E-state index in [4.69, 9.17) is 23.8 Å². The van der Waals surface area contributed by atoms with E-state index in [1.807, 2.05) is 0 Å². The number of hydrogen-bond donors (Lipinski definition) is 1. The standard InChI is InChI=1S/C17H10ClF4N3OS3/c18-13-6-3-10(7-12(13)17(20,21)22)23-14(26)8-28-15-24-25(16(27)29-15)11-4-1-9(19)2-5-11/h1-7H,8H2,(H,23,26). The maximum absolute atomic E-state index is 13.0. The first-order chi connectivity index (χ1) is 13.6. The van der Waals surface area contributed by atoms with Crippen LogP contribution in [0.4, 0.5) is 23.2 Å². The van der Waals surface area contributed by atoms with Gasteiger partial charge in [0.1, 0.15) is 5.82 Å². The number of nitrogens with one attached hydrogen (secondary N) is 1. The van der Waals surface area contributed by atoms with Gasteiger partial charge in [-0.25, -0.2) is 9.07 Å². The van der Waals surface area contributed by atoms with Crippen LogP contribution < -0.4 is 5.32 Å². The summed E-state index contributed by atoms with van der Waals surface area (Å²) in [6.45, 7) is 0. The Kier molecular flexibility index (Phi) is 6.62. The summed E-state index contributed by atoms with van der Waals surface area (Å²) in [5.74, 6) is -0.993. The molecule has 0 atom stereocenters. The Balaban J connectivity index is 1.65. The molecule has 1 aromatic heterocycles. The van der Waals surface area contributed by atoms with Crippen molar-refractivity contribution in [1.29, 1.82) is 0 Å². The second-order valence-electron chi connectivity index (χ2n) is 5.55. The Morgan fingerprint density at radius 3 is 2.59 bits per heavy atom. The number of alkyl halides is 3. The van der Waals surface area contributed by atoms with E-state index in [9.17, 15) is 22.4 Å². The fourth-order valence-corrected chi connectivity index (χ4v) is 4.60. The maximum Gasteiger partial charge on any atom is 0.417 e. The zero-order valence-electron chi connectivity index (χ0n) is 14.2. The quantitative estimate of drug-likeness (QED) is 0.269. The van der Waals surface area contributed by atoms with Crippen LogP contribution in [0.3, 0.4) is 0 Å². The summed E-state index contributed by atoms with van der Waals surface area (Å²) in [5, 5.41) is 6.22. The zero-order valence-corrected chi connectivity index (χ0v) is 17.4. The first-order valence-corrected chi connectivity index (χ1v) is 10.4. The average Bonchev–Trinajstić information content (AvgIpc) is 3.02. The number of amides is 1. The predicted octanol–water partition coefficient (Wildman–Crippen LogP) is 6.21. The fourth-order valence-electron chi connectivity index (χ4n) is 2.21. The normalized spacial score (nSPS) is 11.5. The van der Waals surface area contributed by atoms with Crippen LogP contribution in [-0.4, -0.2) is 21.4 Å². The summed E-state index contributed by atoms with van der Waals surface area (Å²) < 4.78 is 54.1. The first kappa shape index (κ1) is 21.8. The monoisotopic (exact) mass is 479 g/mol. The largest absolute Gasteiger partial charge is 0.417 e. The highest BCUT2D eigenvalue weighted by Crippen LogP contribution is 2.36. The summed E-state index contributed by atoms with van der Waals surface area (Å²) in [6.07, 6.45) is -4.62. The molecule has 1 amide bonds. The molecular weight excluding hydrogens is 470 g/mol. The molecule has 4 nitrogen and oxygen atoms in total. The first-order valence-electron chi connectivity index (χ1n) is 7.79. The van der Waals surface area contributed by atoms with Crippen molar-refractivity contribution in [2.75, 3.05) is 11.1 Å². The number of anilines is 1. The highest BCUT2D eigenvalue weighted by atomic mass is 35.5. The van der Waals surface area contributed by atoms with Crippen molar-refractivity contribution in [2.45, 2.75) is 10.5 Å². The van der Waals surface area contributed by atoms with E-state index in [2.05, 4.69) is 10.4 Å². The van der Waals surface area contributed by atoms with Gasteiger partial charge in [0.15, 0.2) is 8.29 Å². The van der Waals surface area contributed by atoms with Crippen molar-refractivity contribution in [2.24, 2.45) is 0 Å². The number of nitrogens with zero attached hydrogens (tertiary/aromatic N) is 2. The van der Waals surface area contributed by atoms with Gasteiger partial charge in [-0.05, 0) is 54.7 Å². The minimum Gasteiger partial charge on any atom is -0.325 e. The third-order valence-corrected chi connectivity index (χ3v) is 6.18. The number of hydrogen-bond acceptors (Lipinski definition) is 5. The van der Waals surface area contributed by atoms with Crippen molar-refractivity contribution in [3.63, 3.8) is 0 Å². The predicted molar refractivity (Wildman–Crippen MR) is 108 cm³/mol. The second kappa shape index (κ2) is 8.82. The number of aromatic nitrogens is 2. The molecule has 12 heteroatoms. The van der Waals surface area contributed by atoms with Crippen molar-refractivity contribution in [3.05, 3.63) is 62.8 Å². The molecule has 152 valence electrons. The number of thioether (sulfide) groups is 1. The fraction of sp³-hybridized carbons (Fsp3) is 0.118. The smallest absolute Gasteiger partial charge is 0.325 e. The third-order valence-electron chi connectivity index (χ3n) is 3.48. The molecule has 0 aliphatic rings. The molecule has 1 heterocycles. The number of rotatable bonds is 5. The molecule has 0 saturated heterocycles. The molecule has 0 aliphatic heterocycles. The molecular formula is C17H10ClF4N3OS3. The van der Waals surface area contributed by atoms with E-state index in [0.29, 0.717) is 14.0 Å². The van der Waals surface area contributed by atoms with Gasteiger partial charge in [-0.2, -0.15) is 13.2 Å². The van der Waals surface area contributed by atoms with E-state index in [1.165, 1.54) is 35.0 Å². The van der Waals surface area contributed by atoms with E-state index in [0.717, 1.165) is 35.2 Å².